The summed E-state index contributed by atoms with van der Waals surface area (Å²) in [4.78, 5) is 18.1. The lowest BCUT2D eigenvalue weighted by Gasteiger charge is -1.91. The van der Waals surface area contributed by atoms with Gasteiger partial charge in [-0.15, -0.1) is 11.3 Å². The van der Waals surface area contributed by atoms with Gasteiger partial charge in [0.25, 0.3) is 0 Å². The molecule has 1 heterocycles. The zero-order valence-corrected chi connectivity index (χ0v) is 7.83. The Bertz CT molecular complexity index is 340. The van der Waals surface area contributed by atoms with E-state index in [2.05, 4.69) is 32.7 Å². The minimum absolute atomic E-state index is 0.151. The fraction of sp³-hybridized carbons (Fsp3) is 0.167. The first-order chi connectivity index (χ1) is 5.72. The summed E-state index contributed by atoms with van der Waals surface area (Å²) in [7, 11) is 0. The SMILES string of the molecule is CC(=O)Nc1nc(N=C=S)cs1. The number of thiocarbonyl (C=S) groups is 1. The summed E-state index contributed by atoms with van der Waals surface area (Å²) < 4.78 is 0. The van der Waals surface area contributed by atoms with Crippen molar-refractivity contribution in [3.05, 3.63) is 5.38 Å². The lowest BCUT2D eigenvalue weighted by Crippen LogP contribution is -2.04. The van der Waals surface area contributed by atoms with Gasteiger partial charge >= 0.3 is 0 Å². The third kappa shape index (κ3) is 2.50. The van der Waals surface area contributed by atoms with Crippen molar-refractivity contribution >= 4 is 45.6 Å². The van der Waals surface area contributed by atoms with Crippen LogP contribution in [0.15, 0.2) is 10.4 Å². The molecule has 0 unspecified atom stereocenters. The van der Waals surface area contributed by atoms with E-state index in [1.54, 1.807) is 5.38 Å². The lowest BCUT2D eigenvalue weighted by molar-refractivity contribution is -0.114. The van der Waals surface area contributed by atoms with Gasteiger partial charge in [0.2, 0.25) is 5.91 Å². The molecule has 0 saturated heterocycles. The van der Waals surface area contributed by atoms with Gasteiger partial charge in [0.05, 0.1) is 5.16 Å². The van der Waals surface area contributed by atoms with Crippen LogP contribution in [0.25, 0.3) is 0 Å². The van der Waals surface area contributed by atoms with E-state index in [0.29, 0.717) is 10.9 Å². The Labute approximate surface area is 78.4 Å². The van der Waals surface area contributed by atoms with E-state index in [1.807, 2.05) is 0 Å². The number of carbonyl (C=O) groups excluding carboxylic acids is 1. The summed E-state index contributed by atoms with van der Waals surface area (Å²) in [6.07, 6.45) is 0. The monoisotopic (exact) mass is 199 g/mol. The number of nitrogens with zero attached hydrogens (tertiary/aromatic N) is 2. The molecule has 1 N–H and O–H groups in total. The van der Waals surface area contributed by atoms with Gasteiger partial charge in [-0.1, -0.05) is 0 Å². The van der Waals surface area contributed by atoms with Crippen LogP contribution in [0.2, 0.25) is 0 Å². The number of nitrogens with one attached hydrogen (secondary N) is 1. The summed E-state index contributed by atoms with van der Waals surface area (Å²) >= 11 is 5.69. The molecule has 12 heavy (non-hydrogen) atoms. The zero-order valence-electron chi connectivity index (χ0n) is 6.20. The summed E-state index contributed by atoms with van der Waals surface area (Å²) in [5.74, 6) is 0.320. The van der Waals surface area contributed by atoms with Crippen LogP contribution in [-0.4, -0.2) is 16.1 Å². The van der Waals surface area contributed by atoms with Crippen LogP contribution in [0.3, 0.4) is 0 Å². The Kier molecular flexibility index (Phi) is 3.04. The first kappa shape index (κ1) is 8.99. The molecule has 1 aromatic heterocycles. The highest BCUT2D eigenvalue weighted by molar-refractivity contribution is 7.78. The minimum Gasteiger partial charge on any atom is -0.302 e. The lowest BCUT2D eigenvalue weighted by atomic mass is 10.7. The van der Waals surface area contributed by atoms with E-state index in [0.717, 1.165) is 0 Å². The van der Waals surface area contributed by atoms with Gasteiger partial charge in [-0.3, -0.25) is 4.79 Å². The summed E-state index contributed by atoms with van der Waals surface area (Å²) in [6.45, 7) is 1.42. The molecule has 0 bridgehead atoms. The molecule has 0 atom stereocenters. The molecule has 1 rings (SSSR count). The number of hydrogen-bond acceptors (Lipinski definition) is 5. The van der Waals surface area contributed by atoms with Crippen molar-refractivity contribution in [3.63, 3.8) is 0 Å². The average Bonchev–Trinajstić information content (AvgIpc) is 2.36. The smallest absolute Gasteiger partial charge is 0.223 e. The van der Waals surface area contributed by atoms with Crippen molar-refractivity contribution in [1.29, 1.82) is 0 Å². The molecule has 0 spiro atoms. The van der Waals surface area contributed by atoms with Gasteiger partial charge in [-0.2, -0.15) is 9.98 Å². The minimum atomic E-state index is -0.151. The number of isothiocyanates is 1. The normalized spacial score (nSPS) is 8.75. The van der Waals surface area contributed by atoms with Gasteiger partial charge in [0.1, 0.15) is 0 Å². The Morgan fingerprint density at radius 1 is 1.92 bits per heavy atom. The van der Waals surface area contributed by atoms with Crippen LogP contribution in [0.4, 0.5) is 10.9 Å². The second kappa shape index (κ2) is 4.06. The summed E-state index contributed by atoms with van der Waals surface area (Å²) in [6, 6.07) is 0. The van der Waals surface area contributed by atoms with Crippen molar-refractivity contribution < 1.29 is 4.79 Å². The number of hydrogen-bond donors (Lipinski definition) is 1. The maximum atomic E-state index is 10.6. The molecule has 0 aromatic carbocycles. The highest BCUT2D eigenvalue weighted by Crippen LogP contribution is 2.20. The molecular weight excluding hydrogens is 194 g/mol. The van der Waals surface area contributed by atoms with Crippen LogP contribution in [0.1, 0.15) is 6.92 Å². The Hall–Kier alpha value is -1.10. The quantitative estimate of drug-likeness (QED) is 0.584. The van der Waals surface area contributed by atoms with Crippen LogP contribution >= 0.6 is 23.6 Å². The molecule has 6 heteroatoms. The van der Waals surface area contributed by atoms with E-state index >= 15 is 0 Å². The third-order valence-electron chi connectivity index (χ3n) is 0.935. The van der Waals surface area contributed by atoms with Crippen molar-refractivity contribution in [3.8, 4) is 0 Å². The second-order valence-electron chi connectivity index (χ2n) is 1.90. The highest BCUT2D eigenvalue weighted by Gasteiger charge is 2.00. The number of thiazole rings is 1. The number of rotatable bonds is 2. The van der Waals surface area contributed by atoms with Crippen molar-refractivity contribution in [2.24, 2.45) is 4.99 Å². The van der Waals surface area contributed by atoms with Crippen molar-refractivity contribution in [2.75, 3.05) is 5.32 Å². The van der Waals surface area contributed by atoms with E-state index in [1.165, 1.54) is 18.3 Å². The fourth-order valence-electron chi connectivity index (χ4n) is 0.571. The molecule has 62 valence electrons. The number of aromatic nitrogens is 1. The molecular formula is C6H5N3OS2. The predicted molar refractivity (Wildman–Crippen MR) is 51.1 cm³/mol. The first-order valence-corrected chi connectivity index (χ1v) is 4.32. The Morgan fingerprint density at radius 2 is 2.67 bits per heavy atom. The van der Waals surface area contributed by atoms with Gasteiger partial charge in [0.15, 0.2) is 10.9 Å². The Morgan fingerprint density at radius 3 is 3.25 bits per heavy atom. The number of anilines is 1. The molecule has 0 fully saturated rings. The maximum absolute atomic E-state index is 10.6. The first-order valence-electron chi connectivity index (χ1n) is 3.03. The summed E-state index contributed by atoms with van der Waals surface area (Å²) in [5.41, 5.74) is 0. The number of aliphatic imine (C=N–C) groups is 1. The van der Waals surface area contributed by atoms with E-state index in [9.17, 15) is 4.79 Å². The van der Waals surface area contributed by atoms with Crippen LogP contribution in [-0.2, 0) is 4.79 Å². The molecule has 0 saturated carbocycles. The van der Waals surface area contributed by atoms with Crippen LogP contribution < -0.4 is 5.32 Å². The Balaban J connectivity index is 2.77. The van der Waals surface area contributed by atoms with Gasteiger partial charge in [-0.05, 0) is 12.2 Å². The molecule has 0 radical (unpaired) electrons. The van der Waals surface area contributed by atoms with Gasteiger partial charge < -0.3 is 5.32 Å². The third-order valence-corrected chi connectivity index (χ3v) is 1.77. The van der Waals surface area contributed by atoms with E-state index in [-0.39, 0.29) is 5.91 Å². The van der Waals surface area contributed by atoms with E-state index < -0.39 is 0 Å². The van der Waals surface area contributed by atoms with Crippen LogP contribution in [0.5, 0.6) is 0 Å². The maximum Gasteiger partial charge on any atom is 0.223 e. The molecule has 4 nitrogen and oxygen atoms in total. The standard InChI is InChI=1S/C6H5N3OS2/c1-4(10)8-6-9-5(2-12-6)7-3-11/h2H,1H3,(H,8,9,10). The number of carbonyl (C=O) groups is 1. The fourth-order valence-corrected chi connectivity index (χ4v) is 1.34. The molecule has 0 aliphatic carbocycles. The van der Waals surface area contributed by atoms with E-state index in [4.69, 9.17) is 0 Å². The predicted octanol–water partition coefficient (Wildman–Crippen LogP) is 1.84. The second-order valence-corrected chi connectivity index (χ2v) is 2.94. The average molecular weight is 199 g/mol. The van der Waals surface area contributed by atoms with Crippen LogP contribution in [0, 0.1) is 0 Å². The van der Waals surface area contributed by atoms with Gasteiger partial charge in [0, 0.05) is 12.3 Å². The molecule has 0 aliphatic heterocycles. The molecule has 1 aromatic rings. The topological polar surface area (TPSA) is 54.4 Å². The largest absolute Gasteiger partial charge is 0.302 e. The highest BCUT2D eigenvalue weighted by atomic mass is 32.1. The zero-order chi connectivity index (χ0) is 8.97. The molecule has 0 aliphatic rings. The van der Waals surface area contributed by atoms with Crippen molar-refractivity contribution in [1.82, 2.24) is 4.98 Å². The number of amides is 1. The van der Waals surface area contributed by atoms with Gasteiger partial charge in [-0.25, -0.2) is 0 Å². The summed E-state index contributed by atoms with van der Waals surface area (Å²) in [5, 5.41) is 6.93. The molecule has 1 amide bonds. The van der Waals surface area contributed by atoms with Crippen molar-refractivity contribution in [2.45, 2.75) is 6.92 Å².